The number of hydrogen-bond donors (Lipinski definition) is 3. The van der Waals surface area contributed by atoms with E-state index < -0.39 is 11.7 Å². The van der Waals surface area contributed by atoms with Crippen LogP contribution in [0.15, 0.2) is 48.0 Å². The molecule has 0 radical (unpaired) electrons. The Balaban J connectivity index is 0.00000206. The minimum atomic E-state index is -1.33. The number of hydrogen-bond acceptors (Lipinski definition) is 7. The molecule has 0 unspecified atom stereocenters. The summed E-state index contributed by atoms with van der Waals surface area (Å²) in [6.07, 6.45) is 4.56. The second-order valence-corrected chi connectivity index (χ2v) is 9.92. The zero-order valence-electron chi connectivity index (χ0n) is 26.3. The van der Waals surface area contributed by atoms with Crippen LogP contribution < -0.4 is 25.4 Å². The predicted molar refractivity (Wildman–Crippen MR) is 172 cm³/mol. The van der Waals surface area contributed by atoms with Crippen molar-refractivity contribution in [2.24, 2.45) is 4.99 Å². The highest BCUT2D eigenvalue weighted by atomic mass is 19.1. The van der Waals surface area contributed by atoms with Gasteiger partial charge >= 0.3 is 6.03 Å². The molecule has 0 saturated heterocycles. The first-order chi connectivity index (χ1) is 20.1. The number of carbonyl (C=O) groups excluding carboxylic acids is 1. The Hall–Kier alpha value is -3.63. The normalized spacial score (nSPS) is 11.0. The van der Waals surface area contributed by atoms with Crippen LogP contribution in [0.25, 0.3) is 5.70 Å². The Morgan fingerprint density at radius 3 is 1.93 bits per heavy atom. The Kier molecular flexibility index (Phi) is 17.6. The number of alkyl halides is 1. The van der Waals surface area contributed by atoms with Crippen molar-refractivity contribution in [1.82, 2.24) is 5.32 Å². The molecule has 2 aromatic carbocycles. The largest absolute Gasteiger partial charge is 0.487 e. The Bertz CT molecular complexity index is 1100. The lowest BCUT2D eigenvalue weighted by Crippen LogP contribution is -2.32. The molecule has 0 atom stereocenters. The van der Waals surface area contributed by atoms with E-state index in [1.165, 1.54) is 26.7 Å². The highest BCUT2D eigenvalue weighted by Gasteiger charge is 2.16. The van der Waals surface area contributed by atoms with Crippen LogP contribution in [0.5, 0.6) is 11.5 Å². The molecule has 0 fully saturated rings. The van der Waals surface area contributed by atoms with Crippen LogP contribution in [0.4, 0.5) is 26.2 Å². The second-order valence-electron chi connectivity index (χ2n) is 9.92. The molecule has 42 heavy (non-hydrogen) atoms. The van der Waals surface area contributed by atoms with Gasteiger partial charge in [0.2, 0.25) is 0 Å². The summed E-state index contributed by atoms with van der Waals surface area (Å²) in [6.45, 7) is 15.1. The van der Waals surface area contributed by atoms with Crippen molar-refractivity contribution >= 4 is 35.0 Å². The summed E-state index contributed by atoms with van der Waals surface area (Å²) in [4.78, 5) is 16.5. The van der Waals surface area contributed by atoms with Crippen molar-refractivity contribution in [3.05, 3.63) is 48.5 Å². The fourth-order valence-corrected chi connectivity index (χ4v) is 3.26. The van der Waals surface area contributed by atoms with Gasteiger partial charge in [0.05, 0.1) is 18.9 Å². The molecule has 2 aromatic rings. The van der Waals surface area contributed by atoms with Gasteiger partial charge in [-0.1, -0.05) is 33.3 Å². The number of carbonyl (C=O) groups is 1. The molecule has 2 rings (SSSR count). The maximum Gasteiger partial charge on any atom is 0.319 e. The summed E-state index contributed by atoms with van der Waals surface area (Å²) in [6, 6.07) is 10.4. The second kappa shape index (κ2) is 20.3. The molecule has 10 heteroatoms. The van der Waals surface area contributed by atoms with E-state index in [2.05, 4.69) is 41.4 Å². The summed E-state index contributed by atoms with van der Waals surface area (Å²) in [7, 11) is 3.22. The number of rotatable bonds is 17. The average molecular weight is 589 g/mol. The average Bonchev–Trinajstić information content (AvgIpc) is 2.94. The van der Waals surface area contributed by atoms with E-state index in [1.54, 1.807) is 38.6 Å². The van der Waals surface area contributed by atoms with Gasteiger partial charge in [-0.25, -0.2) is 9.18 Å². The van der Waals surface area contributed by atoms with Crippen molar-refractivity contribution in [3.8, 4) is 11.5 Å². The van der Waals surface area contributed by atoms with Crippen LogP contribution in [-0.4, -0.2) is 65.1 Å². The maximum absolute atomic E-state index is 13.6. The summed E-state index contributed by atoms with van der Waals surface area (Å²) < 4.78 is 35.5. The maximum atomic E-state index is 13.6. The molecule has 0 bridgehead atoms. The van der Waals surface area contributed by atoms with E-state index in [-0.39, 0.29) is 13.0 Å². The smallest absolute Gasteiger partial charge is 0.319 e. The van der Waals surface area contributed by atoms with Gasteiger partial charge in [-0.2, -0.15) is 0 Å². The van der Waals surface area contributed by atoms with Crippen LogP contribution >= 0.6 is 0 Å². The summed E-state index contributed by atoms with van der Waals surface area (Å²) in [5, 5.41) is 8.66. The molecule has 234 valence electrons. The number of aliphatic imine (C=N–C) groups is 1. The highest BCUT2D eigenvalue weighted by molar-refractivity contribution is 5.90. The van der Waals surface area contributed by atoms with E-state index in [4.69, 9.17) is 18.9 Å². The van der Waals surface area contributed by atoms with Gasteiger partial charge in [-0.15, -0.1) is 0 Å². The van der Waals surface area contributed by atoms with E-state index in [0.29, 0.717) is 55.0 Å². The first-order valence-corrected chi connectivity index (χ1v) is 14.3. The lowest BCUT2D eigenvalue weighted by atomic mass is 10.1. The molecule has 0 saturated carbocycles. The van der Waals surface area contributed by atoms with Crippen molar-refractivity contribution in [2.45, 2.75) is 59.5 Å². The number of nitrogens with zero attached hydrogens (tertiary/aromatic N) is 1. The third-order valence-electron chi connectivity index (χ3n) is 5.69. The van der Waals surface area contributed by atoms with E-state index in [1.807, 2.05) is 25.1 Å². The third-order valence-corrected chi connectivity index (χ3v) is 5.69. The summed E-state index contributed by atoms with van der Waals surface area (Å²) in [5.41, 5.74) is 2.00. The molecule has 0 aliphatic heterocycles. The number of halogens is 1. The van der Waals surface area contributed by atoms with E-state index in [0.717, 1.165) is 11.3 Å². The zero-order valence-corrected chi connectivity index (χ0v) is 26.3. The lowest BCUT2D eigenvalue weighted by Gasteiger charge is -2.18. The first kappa shape index (κ1) is 36.4. The summed E-state index contributed by atoms with van der Waals surface area (Å²) in [5.74, 6) is 1.08. The summed E-state index contributed by atoms with van der Waals surface area (Å²) >= 11 is 0. The Labute approximate surface area is 250 Å². The number of nitrogens with one attached hydrogen (secondary N) is 3. The van der Waals surface area contributed by atoms with Gasteiger partial charge < -0.3 is 34.9 Å². The minimum Gasteiger partial charge on any atom is -0.487 e. The van der Waals surface area contributed by atoms with Crippen molar-refractivity contribution in [3.63, 3.8) is 0 Å². The number of benzene rings is 2. The van der Waals surface area contributed by atoms with Gasteiger partial charge in [0.25, 0.3) is 0 Å². The molecule has 0 spiro atoms. The molecule has 0 heterocycles. The molecule has 0 aliphatic carbocycles. The number of unbranched alkanes of at least 4 members (excludes halogenated alkanes) is 1. The molecule has 0 aromatic heterocycles. The molecule has 3 N–H and O–H groups in total. The fraction of sp³-hybridized carbons (Fsp3) is 0.500. The topological polar surface area (TPSA) is 102 Å². The van der Waals surface area contributed by atoms with Crippen LogP contribution in [0, 0.1) is 0 Å². The fourth-order valence-electron chi connectivity index (χ4n) is 3.26. The van der Waals surface area contributed by atoms with Crippen molar-refractivity contribution in [1.29, 1.82) is 0 Å². The lowest BCUT2D eigenvalue weighted by molar-refractivity contribution is 0.132. The molecular formula is C32H49FN4O5. The van der Waals surface area contributed by atoms with E-state index in [9.17, 15) is 9.18 Å². The van der Waals surface area contributed by atoms with Crippen molar-refractivity contribution in [2.75, 3.05) is 57.8 Å². The SMILES string of the molecule is C=C(Nc1ccc(NC(=O)NCCC(C)(C)F)cc1)c1cc(OCCOC)c(OCCOC)cc1N=CC.CCCC. The molecule has 9 nitrogen and oxygen atoms in total. The highest BCUT2D eigenvalue weighted by Crippen LogP contribution is 2.38. The third kappa shape index (κ3) is 14.8. The van der Waals surface area contributed by atoms with Gasteiger partial charge in [0, 0.05) is 55.7 Å². The number of amides is 2. The number of methoxy groups -OCH3 is 2. The van der Waals surface area contributed by atoms with Crippen LogP contribution in [-0.2, 0) is 9.47 Å². The monoisotopic (exact) mass is 588 g/mol. The van der Waals surface area contributed by atoms with E-state index >= 15 is 0 Å². The van der Waals surface area contributed by atoms with Crippen LogP contribution in [0.1, 0.15) is 59.4 Å². The molecular weight excluding hydrogens is 539 g/mol. The van der Waals surface area contributed by atoms with Gasteiger partial charge in [0.1, 0.15) is 18.9 Å². The predicted octanol–water partition coefficient (Wildman–Crippen LogP) is 7.61. The van der Waals surface area contributed by atoms with Gasteiger partial charge in [0.15, 0.2) is 11.5 Å². The Morgan fingerprint density at radius 2 is 1.45 bits per heavy atom. The first-order valence-electron chi connectivity index (χ1n) is 14.3. The Morgan fingerprint density at radius 1 is 0.929 bits per heavy atom. The van der Waals surface area contributed by atoms with Crippen LogP contribution in [0.3, 0.4) is 0 Å². The number of anilines is 2. The zero-order chi connectivity index (χ0) is 31.4. The van der Waals surface area contributed by atoms with Gasteiger partial charge in [-0.3, -0.25) is 4.99 Å². The van der Waals surface area contributed by atoms with Gasteiger partial charge in [-0.05, 0) is 57.5 Å². The molecule has 2 amide bonds. The number of ether oxygens (including phenoxy) is 4. The van der Waals surface area contributed by atoms with Crippen LogP contribution in [0.2, 0.25) is 0 Å². The standard InChI is InChI=1S/C28H39FN4O5.C4H10/c1-7-30-24-19-26(38-17-15-36-6)25(37-16-14-35-5)18-23(24)20(2)32-21-8-10-22(11-9-21)33-27(34)31-13-12-28(3,4)29;1-3-4-2/h7-11,18-19,32H,2,12-17H2,1,3-6H3,(H2,31,33,34);3-4H2,1-2H3. The molecule has 0 aliphatic rings. The van der Waals surface area contributed by atoms with Crippen molar-refractivity contribution < 1.29 is 28.1 Å². The number of urea groups is 1. The minimum absolute atomic E-state index is 0.231. The quantitative estimate of drug-likeness (QED) is 0.130.